The normalized spacial score (nSPS) is 11.3. The first kappa shape index (κ1) is 11.7. The number of alkyl halides is 1. The molecule has 6 heteroatoms. The summed E-state index contributed by atoms with van der Waals surface area (Å²) in [4.78, 5) is 1.08. The quantitative estimate of drug-likeness (QED) is 0.660. The summed E-state index contributed by atoms with van der Waals surface area (Å²) in [5.74, 6) is 0. The Kier molecular flexibility index (Phi) is 4.10. The van der Waals surface area contributed by atoms with E-state index in [1.165, 1.54) is 0 Å². The predicted octanol–water partition coefficient (Wildman–Crippen LogP) is 2.35. The van der Waals surface area contributed by atoms with Crippen molar-refractivity contribution in [1.29, 1.82) is 0 Å². The number of anilines is 1. The first-order valence-corrected chi connectivity index (χ1v) is 7.19. The fraction of sp³-hybridized carbons (Fsp3) is 0.250. The van der Waals surface area contributed by atoms with E-state index >= 15 is 0 Å². The van der Waals surface area contributed by atoms with Gasteiger partial charge in [0.2, 0.25) is 10.0 Å². The molecule has 0 aliphatic heterocycles. The van der Waals surface area contributed by atoms with Gasteiger partial charge in [-0.15, -0.1) is 23.4 Å². The molecule has 1 aromatic rings. The van der Waals surface area contributed by atoms with Crippen LogP contribution in [0.2, 0.25) is 0 Å². The molecular weight excluding hydrogens is 242 g/mol. The Morgan fingerprint density at radius 1 is 1.36 bits per heavy atom. The number of benzene rings is 1. The van der Waals surface area contributed by atoms with Crippen LogP contribution < -0.4 is 4.72 Å². The zero-order valence-electron chi connectivity index (χ0n) is 7.53. The van der Waals surface area contributed by atoms with Crippen molar-refractivity contribution < 1.29 is 8.42 Å². The molecule has 0 aromatic heterocycles. The summed E-state index contributed by atoms with van der Waals surface area (Å²) < 4.78 is 24.5. The highest BCUT2D eigenvalue weighted by molar-refractivity contribution is 7.98. The van der Waals surface area contributed by atoms with E-state index in [0.29, 0.717) is 5.69 Å². The van der Waals surface area contributed by atoms with E-state index in [1.807, 2.05) is 18.4 Å². The number of sulfonamides is 1. The van der Waals surface area contributed by atoms with Crippen molar-refractivity contribution in [3.63, 3.8) is 0 Å². The van der Waals surface area contributed by atoms with Gasteiger partial charge in [0, 0.05) is 10.6 Å². The number of nitrogens with one attached hydrogen (secondary N) is 1. The van der Waals surface area contributed by atoms with Crippen LogP contribution in [0.4, 0.5) is 5.69 Å². The molecule has 0 radical (unpaired) electrons. The van der Waals surface area contributed by atoms with E-state index in [4.69, 9.17) is 11.6 Å². The van der Waals surface area contributed by atoms with Crippen molar-refractivity contribution in [3.8, 4) is 0 Å². The van der Waals surface area contributed by atoms with E-state index in [1.54, 1.807) is 23.9 Å². The molecule has 1 N–H and O–H groups in total. The van der Waals surface area contributed by atoms with Crippen molar-refractivity contribution in [2.24, 2.45) is 0 Å². The maximum Gasteiger partial charge on any atom is 0.246 e. The second kappa shape index (κ2) is 4.91. The molecule has 0 saturated heterocycles. The number of thioether (sulfide) groups is 1. The van der Waals surface area contributed by atoms with Gasteiger partial charge in [-0.3, -0.25) is 4.72 Å². The van der Waals surface area contributed by atoms with Gasteiger partial charge in [-0.25, -0.2) is 8.42 Å². The molecule has 78 valence electrons. The molecule has 0 aliphatic carbocycles. The Balaban J connectivity index is 2.79. The van der Waals surface area contributed by atoms with Gasteiger partial charge in [0.1, 0.15) is 5.21 Å². The standard InChI is InChI=1S/C8H10ClNO2S2/c1-13-8-4-2-7(3-5-8)10-14(11,12)6-9/h2-5,10H,6H2,1H3. The van der Waals surface area contributed by atoms with Gasteiger partial charge in [0.05, 0.1) is 0 Å². The second-order valence-electron chi connectivity index (χ2n) is 2.55. The maximum atomic E-state index is 11.1. The molecule has 0 unspecified atom stereocenters. The maximum absolute atomic E-state index is 11.1. The molecule has 0 atom stereocenters. The Morgan fingerprint density at radius 3 is 2.36 bits per heavy atom. The molecule has 0 aliphatic rings. The Hall–Kier alpha value is -0.390. The van der Waals surface area contributed by atoms with Gasteiger partial charge in [-0.1, -0.05) is 0 Å². The van der Waals surface area contributed by atoms with Crippen molar-refractivity contribution >= 4 is 39.1 Å². The van der Waals surface area contributed by atoms with Gasteiger partial charge < -0.3 is 0 Å². The zero-order valence-corrected chi connectivity index (χ0v) is 9.92. The van der Waals surface area contributed by atoms with Gasteiger partial charge in [0.15, 0.2) is 0 Å². The van der Waals surface area contributed by atoms with Crippen LogP contribution in [0.15, 0.2) is 29.2 Å². The molecular formula is C8H10ClNO2S2. The zero-order chi connectivity index (χ0) is 10.6. The minimum Gasteiger partial charge on any atom is -0.283 e. The highest BCUT2D eigenvalue weighted by Crippen LogP contribution is 2.18. The lowest BCUT2D eigenvalue weighted by molar-refractivity contribution is 0.605. The van der Waals surface area contributed by atoms with E-state index in [2.05, 4.69) is 4.72 Å². The molecule has 14 heavy (non-hydrogen) atoms. The third kappa shape index (κ3) is 3.40. The number of hydrogen-bond acceptors (Lipinski definition) is 3. The van der Waals surface area contributed by atoms with Gasteiger partial charge in [-0.05, 0) is 30.5 Å². The van der Waals surface area contributed by atoms with E-state index in [0.717, 1.165) is 4.90 Å². The summed E-state index contributed by atoms with van der Waals surface area (Å²) in [7, 11) is -3.38. The molecule has 1 aromatic carbocycles. The summed E-state index contributed by atoms with van der Waals surface area (Å²) >= 11 is 6.85. The van der Waals surface area contributed by atoms with Gasteiger partial charge >= 0.3 is 0 Å². The summed E-state index contributed by atoms with van der Waals surface area (Å²) in [5, 5.41) is -0.433. The third-order valence-electron chi connectivity index (χ3n) is 1.51. The Morgan fingerprint density at radius 2 is 1.93 bits per heavy atom. The lowest BCUT2D eigenvalue weighted by atomic mass is 10.3. The van der Waals surface area contributed by atoms with Crippen molar-refractivity contribution in [2.75, 3.05) is 16.2 Å². The van der Waals surface area contributed by atoms with Gasteiger partial charge in [-0.2, -0.15) is 0 Å². The highest BCUT2D eigenvalue weighted by Gasteiger charge is 2.07. The van der Waals surface area contributed by atoms with Crippen LogP contribution in [-0.4, -0.2) is 19.9 Å². The Labute approximate surface area is 92.9 Å². The van der Waals surface area contributed by atoms with Crippen molar-refractivity contribution in [3.05, 3.63) is 24.3 Å². The van der Waals surface area contributed by atoms with E-state index < -0.39 is 15.2 Å². The van der Waals surface area contributed by atoms with Crippen LogP contribution in [0, 0.1) is 0 Å². The minimum atomic E-state index is -3.38. The molecule has 0 saturated carbocycles. The molecule has 0 heterocycles. The summed E-state index contributed by atoms with van der Waals surface area (Å²) in [5.41, 5.74) is 0.531. The number of rotatable bonds is 4. The number of hydrogen-bond donors (Lipinski definition) is 1. The number of halogens is 1. The van der Waals surface area contributed by atoms with E-state index in [9.17, 15) is 8.42 Å². The highest BCUT2D eigenvalue weighted by atomic mass is 35.5. The molecule has 0 spiro atoms. The van der Waals surface area contributed by atoms with Crippen LogP contribution in [0.25, 0.3) is 0 Å². The first-order chi connectivity index (χ1) is 6.57. The molecule has 0 bridgehead atoms. The molecule has 0 amide bonds. The van der Waals surface area contributed by atoms with Gasteiger partial charge in [0.25, 0.3) is 0 Å². The SMILES string of the molecule is CSc1ccc(NS(=O)(=O)CCl)cc1. The van der Waals surface area contributed by atoms with Crippen LogP contribution in [0.1, 0.15) is 0 Å². The molecule has 0 fully saturated rings. The second-order valence-corrected chi connectivity index (χ2v) is 5.74. The van der Waals surface area contributed by atoms with Crippen LogP contribution in [0.3, 0.4) is 0 Å². The monoisotopic (exact) mass is 251 g/mol. The topological polar surface area (TPSA) is 46.2 Å². The minimum absolute atomic E-state index is 0.433. The smallest absolute Gasteiger partial charge is 0.246 e. The van der Waals surface area contributed by atoms with Crippen LogP contribution in [0.5, 0.6) is 0 Å². The predicted molar refractivity (Wildman–Crippen MR) is 61.5 cm³/mol. The van der Waals surface area contributed by atoms with Crippen LogP contribution >= 0.6 is 23.4 Å². The average molecular weight is 252 g/mol. The summed E-state index contributed by atoms with van der Waals surface area (Å²) in [6.45, 7) is 0. The first-order valence-electron chi connectivity index (χ1n) is 3.78. The molecule has 3 nitrogen and oxygen atoms in total. The van der Waals surface area contributed by atoms with Crippen molar-refractivity contribution in [1.82, 2.24) is 0 Å². The lowest BCUT2D eigenvalue weighted by Crippen LogP contribution is -2.13. The molecule has 1 rings (SSSR count). The Bertz CT molecular complexity index is 388. The largest absolute Gasteiger partial charge is 0.283 e. The van der Waals surface area contributed by atoms with Crippen LogP contribution in [-0.2, 0) is 10.0 Å². The fourth-order valence-corrected chi connectivity index (χ4v) is 1.99. The van der Waals surface area contributed by atoms with Crippen molar-refractivity contribution in [2.45, 2.75) is 4.90 Å². The fourth-order valence-electron chi connectivity index (χ4n) is 0.866. The summed E-state index contributed by atoms with van der Waals surface area (Å²) in [6, 6.07) is 7.10. The summed E-state index contributed by atoms with van der Waals surface area (Å²) in [6.07, 6.45) is 1.96. The van der Waals surface area contributed by atoms with E-state index in [-0.39, 0.29) is 0 Å². The lowest BCUT2D eigenvalue weighted by Gasteiger charge is -2.05. The average Bonchev–Trinajstić information content (AvgIpc) is 2.19. The third-order valence-corrected chi connectivity index (χ3v) is 3.95.